The molecule has 5 nitrogen and oxygen atoms in total. The van der Waals surface area contributed by atoms with Gasteiger partial charge in [0.05, 0.1) is 6.61 Å². The average molecular weight is 344 g/mol. The SMILES string of the molecule is CCOC(=O)c1c(OC(F)(F)F)cc(CBr)[nH]c1=O. The van der Waals surface area contributed by atoms with Gasteiger partial charge in [0.15, 0.2) is 11.3 Å². The summed E-state index contributed by atoms with van der Waals surface area (Å²) in [4.78, 5) is 25.3. The number of alkyl halides is 4. The standard InChI is InChI=1S/C10H9BrF3NO4/c1-2-18-9(17)7-6(19-10(12,13)14)3-5(4-11)15-8(7)16/h3H,2,4H2,1H3,(H,15,16). The molecule has 9 heteroatoms. The number of H-pyrrole nitrogens is 1. The Bertz CT molecular complexity index is 526. The topological polar surface area (TPSA) is 68.4 Å². The molecular formula is C10H9BrF3NO4. The molecule has 0 aliphatic heterocycles. The molecule has 106 valence electrons. The van der Waals surface area contributed by atoms with Crippen molar-refractivity contribution in [2.24, 2.45) is 0 Å². The van der Waals surface area contributed by atoms with Crippen LogP contribution in [0.25, 0.3) is 0 Å². The minimum Gasteiger partial charge on any atom is -0.462 e. The lowest BCUT2D eigenvalue weighted by Gasteiger charge is -2.12. The Hall–Kier alpha value is -1.51. The van der Waals surface area contributed by atoms with Gasteiger partial charge in [0.2, 0.25) is 0 Å². The predicted molar refractivity (Wildman–Crippen MR) is 62.3 cm³/mol. The van der Waals surface area contributed by atoms with Crippen molar-refractivity contribution in [3.8, 4) is 5.75 Å². The van der Waals surface area contributed by atoms with Crippen molar-refractivity contribution >= 4 is 21.9 Å². The fraction of sp³-hybridized carbons (Fsp3) is 0.400. The van der Waals surface area contributed by atoms with Crippen LogP contribution >= 0.6 is 15.9 Å². The minimum absolute atomic E-state index is 0.0794. The molecule has 0 atom stereocenters. The molecule has 1 N–H and O–H groups in total. The quantitative estimate of drug-likeness (QED) is 0.673. The highest BCUT2D eigenvalue weighted by atomic mass is 79.9. The van der Waals surface area contributed by atoms with Crippen molar-refractivity contribution in [3.05, 3.63) is 27.7 Å². The normalized spacial score (nSPS) is 11.2. The van der Waals surface area contributed by atoms with E-state index >= 15 is 0 Å². The molecule has 19 heavy (non-hydrogen) atoms. The largest absolute Gasteiger partial charge is 0.573 e. The third-order valence-electron chi connectivity index (χ3n) is 1.90. The third kappa shape index (κ3) is 4.27. The minimum atomic E-state index is -5.02. The lowest BCUT2D eigenvalue weighted by molar-refractivity contribution is -0.274. The molecule has 1 rings (SSSR count). The van der Waals surface area contributed by atoms with Crippen LogP contribution in [-0.2, 0) is 10.1 Å². The van der Waals surface area contributed by atoms with Crippen LogP contribution in [-0.4, -0.2) is 23.9 Å². The van der Waals surface area contributed by atoms with Crippen molar-refractivity contribution in [3.63, 3.8) is 0 Å². The van der Waals surface area contributed by atoms with E-state index in [1.807, 2.05) is 0 Å². The van der Waals surface area contributed by atoms with E-state index in [2.05, 4.69) is 30.4 Å². The number of aromatic nitrogens is 1. The molecule has 0 saturated heterocycles. The first-order valence-electron chi connectivity index (χ1n) is 5.03. The first-order valence-corrected chi connectivity index (χ1v) is 6.15. The molecule has 0 spiro atoms. The number of hydrogen-bond donors (Lipinski definition) is 1. The van der Waals surface area contributed by atoms with E-state index in [-0.39, 0.29) is 17.6 Å². The molecule has 0 aliphatic rings. The maximum atomic E-state index is 12.2. The molecule has 0 saturated carbocycles. The van der Waals surface area contributed by atoms with E-state index in [0.29, 0.717) is 0 Å². The van der Waals surface area contributed by atoms with E-state index in [1.54, 1.807) is 0 Å². The summed E-state index contributed by atoms with van der Waals surface area (Å²) in [6.07, 6.45) is -5.02. The van der Waals surface area contributed by atoms with Crippen molar-refractivity contribution < 1.29 is 27.4 Å². The molecule has 1 heterocycles. The number of aromatic amines is 1. The van der Waals surface area contributed by atoms with Gasteiger partial charge in [-0.3, -0.25) is 4.79 Å². The second-order valence-electron chi connectivity index (χ2n) is 3.26. The lowest BCUT2D eigenvalue weighted by Crippen LogP contribution is -2.26. The Labute approximate surface area is 113 Å². The van der Waals surface area contributed by atoms with E-state index in [0.717, 1.165) is 6.07 Å². The molecule has 0 aliphatic carbocycles. The Morgan fingerprint density at radius 3 is 2.58 bits per heavy atom. The van der Waals surface area contributed by atoms with Gasteiger partial charge in [0.25, 0.3) is 5.56 Å². The van der Waals surface area contributed by atoms with E-state index in [4.69, 9.17) is 0 Å². The van der Waals surface area contributed by atoms with Gasteiger partial charge in [-0.15, -0.1) is 13.2 Å². The van der Waals surface area contributed by atoms with Gasteiger partial charge in [-0.05, 0) is 6.92 Å². The maximum absolute atomic E-state index is 12.2. The molecule has 0 bridgehead atoms. The molecule has 1 aromatic rings. The summed E-state index contributed by atoms with van der Waals surface area (Å²) in [5.41, 5.74) is -1.68. The molecule has 0 amide bonds. The van der Waals surface area contributed by atoms with Crippen molar-refractivity contribution in [2.45, 2.75) is 18.6 Å². The summed E-state index contributed by atoms with van der Waals surface area (Å²) in [5.74, 6) is -2.06. The monoisotopic (exact) mass is 343 g/mol. The molecule has 0 aromatic carbocycles. The average Bonchev–Trinajstić information content (AvgIpc) is 2.26. The van der Waals surface area contributed by atoms with Gasteiger partial charge >= 0.3 is 12.3 Å². The Morgan fingerprint density at radius 2 is 2.11 bits per heavy atom. The maximum Gasteiger partial charge on any atom is 0.573 e. The summed E-state index contributed by atoms with van der Waals surface area (Å²) in [7, 11) is 0. The molecule has 0 unspecified atom stereocenters. The number of hydrogen-bond acceptors (Lipinski definition) is 4. The molecule has 1 aromatic heterocycles. The second-order valence-corrected chi connectivity index (χ2v) is 3.83. The van der Waals surface area contributed by atoms with Gasteiger partial charge in [-0.25, -0.2) is 4.79 Å². The van der Waals surface area contributed by atoms with Crippen LogP contribution in [0.3, 0.4) is 0 Å². The van der Waals surface area contributed by atoms with E-state index in [9.17, 15) is 22.8 Å². The van der Waals surface area contributed by atoms with Crippen LogP contribution in [0.2, 0.25) is 0 Å². The Morgan fingerprint density at radius 1 is 1.47 bits per heavy atom. The van der Waals surface area contributed by atoms with Crippen LogP contribution in [0.4, 0.5) is 13.2 Å². The first kappa shape index (κ1) is 15.5. The molecular weight excluding hydrogens is 335 g/mol. The predicted octanol–water partition coefficient (Wildman–Crippen LogP) is 2.35. The van der Waals surface area contributed by atoms with Crippen LogP contribution in [0, 0.1) is 0 Å². The molecule has 0 radical (unpaired) electrons. The summed E-state index contributed by atoms with van der Waals surface area (Å²) in [5, 5.41) is 0.0968. The van der Waals surface area contributed by atoms with Gasteiger partial charge in [-0.1, -0.05) is 15.9 Å². The van der Waals surface area contributed by atoms with Gasteiger partial charge < -0.3 is 14.5 Å². The highest BCUT2D eigenvalue weighted by Gasteiger charge is 2.34. The fourth-order valence-electron chi connectivity index (χ4n) is 1.26. The van der Waals surface area contributed by atoms with Crippen LogP contribution in [0.15, 0.2) is 10.9 Å². The lowest BCUT2D eigenvalue weighted by atomic mass is 10.2. The van der Waals surface area contributed by atoms with Gasteiger partial charge in [-0.2, -0.15) is 0 Å². The summed E-state index contributed by atoms with van der Waals surface area (Å²) >= 11 is 2.97. The second kappa shape index (κ2) is 6.09. The number of pyridine rings is 1. The number of carbonyl (C=O) groups excluding carboxylic acids is 1. The highest BCUT2D eigenvalue weighted by molar-refractivity contribution is 9.08. The summed E-state index contributed by atoms with van der Waals surface area (Å²) in [6.45, 7) is 1.38. The van der Waals surface area contributed by atoms with Crippen molar-refractivity contribution in [1.82, 2.24) is 4.98 Å². The zero-order valence-electron chi connectivity index (χ0n) is 9.64. The van der Waals surface area contributed by atoms with Crippen molar-refractivity contribution in [2.75, 3.05) is 6.61 Å². The summed E-state index contributed by atoms with van der Waals surface area (Å²) < 4.78 is 44.9. The number of rotatable bonds is 4. The number of esters is 1. The summed E-state index contributed by atoms with van der Waals surface area (Å²) in [6, 6.07) is 0.913. The zero-order valence-corrected chi connectivity index (χ0v) is 11.2. The van der Waals surface area contributed by atoms with E-state index in [1.165, 1.54) is 6.92 Å². The smallest absolute Gasteiger partial charge is 0.462 e. The molecule has 0 fully saturated rings. The van der Waals surface area contributed by atoms with Crippen LogP contribution in [0.5, 0.6) is 5.75 Å². The number of halogens is 4. The zero-order chi connectivity index (χ0) is 14.6. The third-order valence-corrected chi connectivity index (χ3v) is 2.51. The number of ether oxygens (including phenoxy) is 2. The number of nitrogens with one attached hydrogen (secondary N) is 1. The van der Waals surface area contributed by atoms with Crippen LogP contribution < -0.4 is 10.3 Å². The van der Waals surface area contributed by atoms with Gasteiger partial charge in [0, 0.05) is 17.1 Å². The van der Waals surface area contributed by atoms with Crippen molar-refractivity contribution in [1.29, 1.82) is 0 Å². The first-order chi connectivity index (χ1) is 8.78. The number of carbonyl (C=O) groups is 1. The van der Waals surface area contributed by atoms with Crippen LogP contribution in [0.1, 0.15) is 23.0 Å². The fourth-order valence-corrected chi connectivity index (χ4v) is 1.56. The van der Waals surface area contributed by atoms with Gasteiger partial charge in [0.1, 0.15) is 0 Å². The Balaban J connectivity index is 3.34. The van der Waals surface area contributed by atoms with E-state index < -0.39 is 29.2 Å². The Kier molecular flexibility index (Phi) is 4.98. The highest BCUT2D eigenvalue weighted by Crippen LogP contribution is 2.26.